The minimum Gasteiger partial charge on any atom is -0.459 e. The number of furan rings is 1. The number of rotatable bonds is 9. The van der Waals surface area contributed by atoms with E-state index >= 15 is 0 Å². The maximum atomic E-state index is 13.8. The highest BCUT2D eigenvalue weighted by atomic mass is 31.2. The molecule has 2 heterocycles. The molecule has 1 fully saturated rings. The van der Waals surface area contributed by atoms with Crippen molar-refractivity contribution in [1.29, 1.82) is 0 Å². The van der Waals surface area contributed by atoms with E-state index in [2.05, 4.69) is 5.09 Å². The van der Waals surface area contributed by atoms with E-state index in [0.717, 1.165) is 29.9 Å². The number of hydroxylamine groups is 2. The van der Waals surface area contributed by atoms with Crippen molar-refractivity contribution in [2.24, 2.45) is 0 Å². The molecule has 1 aromatic heterocycles. The Bertz CT molecular complexity index is 993. The maximum absolute atomic E-state index is 13.8. The van der Waals surface area contributed by atoms with Gasteiger partial charge in [-0.25, -0.2) is 5.09 Å². The van der Waals surface area contributed by atoms with Crippen LogP contribution >= 0.6 is 7.52 Å². The van der Waals surface area contributed by atoms with Crippen LogP contribution in [0, 0.1) is 10.1 Å². The molecule has 0 saturated carbocycles. The number of nitrogens with zero attached hydrogens (tertiary/aromatic N) is 2. The molecule has 2 aromatic rings. The van der Waals surface area contributed by atoms with Gasteiger partial charge in [0, 0.05) is 13.5 Å². The minimum absolute atomic E-state index is 0.119. The SMILES string of the molecule is CC(=O)ON1CCCC(P(=O)(NCc2ccccc2)OCc2occc2[N+](=O)[O-])C1=O. The van der Waals surface area contributed by atoms with Gasteiger partial charge in [0.05, 0.1) is 23.8 Å². The molecule has 1 aliphatic heterocycles. The first kappa shape index (κ1) is 22.7. The van der Waals surface area contributed by atoms with Crippen molar-refractivity contribution in [3.05, 3.63) is 64.1 Å². The summed E-state index contributed by atoms with van der Waals surface area (Å²) in [5.41, 5.74) is -0.639. The lowest BCUT2D eigenvalue weighted by atomic mass is 10.1. The normalized spacial score (nSPS) is 18.4. The third-order valence-corrected chi connectivity index (χ3v) is 7.08. The number of nitrogens with one attached hydrogen (secondary N) is 1. The topological polar surface area (TPSA) is 141 Å². The summed E-state index contributed by atoms with van der Waals surface area (Å²) < 4.78 is 24.5. The standard InChI is InChI=1S/C19H22N3O8P/c1-14(23)30-21-10-5-8-18(19(21)24)31(27,20-12-15-6-3-2-4-7-15)29-13-17-16(22(25)26)9-11-28-17/h2-4,6-7,9,11,18H,5,8,10,12-13H2,1H3,(H,20,27). The fraction of sp³-hybridized carbons (Fsp3) is 0.368. The van der Waals surface area contributed by atoms with Crippen molar-refractivity contribution in [3.63, 3.8) is 0 Å². The Morgan fingerprint density at radius 1 is 1.35 bits per heavy atom. The lowest BCUT2D eigenvalue weighted by Gasteiger charge is -2.34. The largest absolute Gasteiger partial charge is 0.459 e. The first-order valence-corrected chi connectivity index (χ1v) is 11.2. The first-order valence-electron chi connectivity index (χ1n) is 9.54. The van der Waals surface area contributed by atoms with Crippen LogP contribution in [0.2, 0.25) is 0 Å². The van der Waals surface area contributed by atoms with E-state index in [1.54, 1.807) is 0 Å². The lowest BCUT2D eigenvalue weighted by Crippen LogP contribution is -2.46. The van der Waals surface area contributed by atoms with Gasteiger partial charge in [0.15, 0.2) is 0 Å². The summed E-state index contributed by atoms with van der Waals surface area (Å²) in [6.45, 7) is 1.00. The van der Waals surface area contributed by atoms with Gasteiger partial charge < -0.3 is 13.8 Å². The molecule has 11 nitrogen and oxygen atoms in total. The van der Waals surface area contributed by atoms with Crippen LogP contribution in [0.5, 0.6) is 0 Å². The molecule has 2 unspecified atom stereocenters. The van der Waals surface area contributed by atoms with Gasteiger partial charge in [-0.1, -0.05) is 30.3 Å². The van der Waals surface area contributed by atoms with Crippen molar-refractivity contribution in [3.8, 4) is 0 Å². The van der Waals surface area contributed by atoms with Crippen molar-refractivity contribution in [2.45, 2.75) is 38.6 Å². The van der Waals surface area contributed by atoms with E-state index in [4.69, 9.17) is 13.8 Å². The highest BCUT2D eigenvalue weighted by Gasteiger charge is 2.45. The van der Waals surface area contributed by atoms with Gasteiger partial charge in [-0.05, 0) is 18.4 Å². The van der Waals surface area contributed by atoms with Crippen LogP contribution in [0.3, 0.4) is 0 Å². The Balaban J connectivity index is 1.83. The number of hydrogen-bond acceptors (Lipinski definition) is 8. The Morgan fingerprint density at radius 2 is 2.10 bits per heavy atom. The molecule has 3 rings (SSSR count). The van der Waals surface area contributed by atoms with Gasteiger partial charge >= 0.3 is 11.7 Å². The van der Waals surface area contributed by atoms with Crippen LogP contribution in [0.4, 0.5) is 5.69 Å². The van der Waals surface area contributed by atoms with Crippen molar-refractivity contribution in [2.75, 3.05) is 6.54 Å². The molecule has 1 N–H and O–H groups in total. The third kappa shape index (κ3) is 5.57. The molecule has 1 aromatic carbocycles. The van der Waals surface area contributed by atoms with Gasteiger partial charge in [0.2, 0.25) is 5.76 Å². The molecule has 1 aliphatic rings. The zero-order valence-corrected chi connectivity index (χ0v) is 17.7. The summed E-state index contributed by atoms with van der Waals surface area (Å²) in [7, 11) is -3.90. The predicted octanol–water partition coefficient (Wildman–Crippen LogP) is 3.16. The molecular formula is C19H22N3O8P. The van der Waals surface area contributed by atoms with Crippen molar-refractivity contribution < 1.29 is 32.9 Å². The van der Waals surface area contributed by atoms with E-state index < -0.39 is 36.6 Å². The van der Waals surface area contributed by atoms with Gasteiger partial charge in [0.25, 0.3) is 13.4 Å². The minimum atomic E-state index is -3.90. The zero-order chi connectivity index (χ0) is 22.4. The molecular weight excluding hydrogens is 429 g/mol. The Kier molecular flexibility index (Phi) is 7.21. The van der Waals surface area contributed by atoms with Crippen LogP contribution in [-0.4, -0.2) is 34.1 Å². The maximum Gasteiger partial charge on any atom is 0.329 e. The quantitative estimate of drug-likeness (QED) is 0.346. The highest BCUT2D eigenvalue weighted by molar-refractivity contribution is 7.58. The second kappa shape index (κ2) is 9.86. The fourth-order valence-electron chi connectivity index (χ4n) is 3.19. The van der Waals surface area contributed by atoms with Crippen LogP contribution in [0.25, 0.3) is 0 Å². The Labute approximate surface area is 177 Å². The van der Waals surface area contributed by atoms with Crippen LogP contribution < -0.4 is 5.09 Å². The van der Waals surface area contributed by atoms with E-state index in [9.17, 15) is 24.3 Å². The molecule has 0 bridgehead atoms. The number of nitro groups is 1. The number of carbonyl (C=O) groups excluding carboxylic acids is 2. The molecule has 12 heteroatoms. The number of hydrogen-bond donors (Lipinski definition) is 1. The van der Waals surface area contributed by atoms with Crippen molar-refractivity contribution >= 4 is 25.1 Å². The van der Waals surface area contributed by atoms with Crippen molar-refractivity contribution in [1.82, 2.24) is 10.2 Å². The second-order valence-electron chi connectivity index (χ2n) is 6.86. The number of benzene rings is 1. The number of piperidine rings is 1. The molecule has 0 aliphatic carbocycles. The summed E-state index contributed by atoms with van der Waals surface area (Å²) in [5.74, 6) is -1.45. The van der Waals surface area contributed by atoms with E-state index in [0.29, 0.717) is 6.42 Å². The average Bonchev–Trinajstić information content (AvgIpc) is 3.22. The molecule has 31 heavy (non-hydrogen) atoms. The van der Waals surface area contributed by atoms with E-state index in [1.165, 1.54) is 0 Å². The Morgan fingerprint density at radius 3 is 2.77 bits per heavy atom. The number of amides is 1. The molecule has 1 saturated heterocycles. The summed E-state index contributed by atoms with van der Waals surface area (Å²) in [6, 6.07) is 10.2. The molecule has 0 radical (unpaired) electrons. The summed E-state index contributed by atoms with van der Waals surface area (Å²) in [5, 5.41) is 14.8. The van der Waals surface area contributed by atoms with Crippen LogP contribution in [0.1, 0.15) is 31.1 Å². The summed E-state index contributed by atoms with van der Waals surface area (Å²) in [6.07, 6.45) is 1.80. The van der Waals surface area contributed by atoms with Gasteiger partial charge in [-0.15, -0.1) is 0 Å². The fourth-order valence-corrected chi connectivity index (χ4v) is 5.34. The zero-order valence-electron chi connectivity index (χ0n) is 16.8. The van der Waals surface area contributed by atoms with E-state index in [-0.39, 0.29) is 31.0 Å². The third-order valence-electron chi connectivity index (χ3n) is 4.67. The van der Waals surface area contributed by atoms with Gasteiger partial charge in [0.1, 0.15) is 12.3 Å². The second-order valence-corrected chi connectivity index (χ2v) is 9.25. The monoisotopic (exact) mass is 451 g/mol. The highest BCUT2D eigenvalue weighted by Crippen LogP contribution is 2.52. The first-order chi connectivity index (χ1) is 14.8. The molecule has 1 amide bonds. The smallest absolute Gasteiger partial charge is 0.329 e. The molecule has 166 valence electrons. The van der Waals surface area contributed by atoms with Crippen LogP contribution in [-0.2, 0) is 36.7 Å². The number of carbonyl (C=O) groups is 2. The van der Waals surface area contributed by atoms with Gasteiger partial charge in [-0.2, -0.15) is 5.06 Å². The summed E-state index contributed by atoms with van der Waals surface area (Å²) >= 11 is 0. The summed E-state index contributed by atoms with van der Waals surface area (Å²) in [4.78, 5) is 39.6. The average molecular weight is 451 g/mol. The Hall–Kier alpha value is -3.01. The predicted molar refractivity (Wildman–Crippen MR) is 108 cm³/mol. The van der Waals surface area contributed by atoms with E-state index in [1.807, 2.05) is 30.3 Å². The molecule has 0 spiro atoms. The van der Waals surface area contributed by atoms with Crippen LogP contribution in [0.15, 0.2) is 47.1 Å². The lowest BCUT2D eigenvalue weighted by molar-refractivity contribution is -0.386. The molecule has 2 atom stereocenters. The van der Waals surface area contributed by atoms with Gasteiger partial charge in [-0.3, -0.25) is 24.3 Å².